The van der Waals surface area contributed by atoms with Gasteiger partial charge in [0.25, 0.3) is 0 Å². The molecule has 3 heterocycles. The highest BCUT2D eigenvalue weighted by atomic mass is 15.4. The first-order valence-corrected chi connectivity index (χ1v) is 10.2. The SMILES string of the molecule is Cc1cccnc1C(C1CC1)n1cc(-c2cn[nH]c2C2CCCCC2)nn1. The first-order chi connectivity index (χ1) is 13.3. The van der Waals surface area contributed by atoms with Gasteiger partial charge in [0.05, 0.1) is 24.1 Å². The number of aromatic nitrogens is 6. The van der Waals surface area contributed by atoms with E-state index >= 15 is 0 Å². The predicted octanol–water partition coefficient (Wildman–Crippen LogP) is 4.42. The average Bonchev–Trinajstić information content (AvgIpc) is 3.21. The van der Waals surface area contributed by atoms with Gasteiger partial charge in [-0.2, -0.15) is 5.10 Å². The van der Waals surface area contributed by atoms with Crippen molar-refractivity contribution in [1.29, 1.82) is 0 Å². The van der Waals surface area contributed by atoms with Gasteiger partial charge < -0.3 is 0 Å². The summed E-state index contributed by atoms with van der Waals surface area (Å²) in [5.74, 6) is 1.17. The van der Waals surface area contributed by atoms with Crippen molar-refractivity contribution < 1.29 is 0 Å². The number of H-pyrrole nitrogens is 1. The van der Waals surface area contributed by atoms with Gasteiger partial charge >= 0.3 is 0 Å². The van der Waals surface area contributed by atoms with E-state index in [9.17, 15) is 0 Å². The maximum Gasteiger partial charge on any atom is 0.116 e. The zero-order chi connectivity index (χ0) is 18.2. The molecule has 0 spiro atoms. The van der Waals surface area contributed by atoms with Crippen LogP contribution in [0.3, 0.4) is 0 Å². The number of pyridine rings is 1. The Morgan fingerprint density at radius 1 is 1.15 bits per heavy atom. The number of hydrogen-bond donors (Lipinski definition) is 1. The molecular formula is C21H26N6. The van der Waals surface area contributed by atoms with Gasteiger partial charge in [0.1, 0.15) is 5.69 Å². The molecule has 1 unspecified atom stereocenters. The van der Waals surface area contributed by atoms with Crippen LogP contribution in [0.25, 0.3) is 11.3 Å². The van der Waals surface area contributed by atoms with Crippen molar-refractivity contribution in [2.75, 3.05) is 0 Å². The zero-order valence-electron chi connectivity index (χ0n) is 15.8. The van der Waals surface area contributed by atoms with Crippen LogP contribution in [0.1, 0.15) is 73.9 Å². The van der Waals surface area contributed by atoms with Crippen LogP contribution in [0.15, 0.2) is 30.7 Å². The van der Waals surface area contributed by atoms with Gasteiger partial charge in [-0.05, 0) is 50.2 Å². The van der Waals surface area contributed by atoms with Crippen LogP contribution in [0.4, 0.5) is 0 Å². The largest absolute Gasteiger partial charge is 0.282 e. The highest BCUT2D eigenvalue weighted by molar-refractivity contribution is 5.60. The number of nitrogens with zero attached hydrogens (tertiary/aromatic N) is 5. The summed E-state index contributed by atoms with van der Waals surface area (Å²) in [6, 6.07) is 4.31. The monoisotopic (exact) mass is 362 g/mol. The average molecular weight is 362 g/mol. The van der Waals surface area contributed by atoms with E-state index in [0.29, 0.717) is 11.8 Å². The molecule has 1 N–H and O–H groups in total. The minimum absolute atomic E-state index is 0.178. The second kappa shape index (κ2) is 6.91. The third-order valence-electron chi connectivity index (χ3n) is 6.15. The highest BCUT2D eigenvalue weighted by Crippen LogP contribution is 2.44. The molecule has 0 aromatic carbocycles. The van der Waals surface area contributed by atoms with Crippen LogP contribution in [0.5, 0.6) is 0 Å². The van der Waals surface area contributed by atoms with E-state index in [4.69, 9.17) is 0 Å². The lowest BCUT2D eigenvalue weighted by molar-refractivity contribution is 0.437. The number of hydrogen-bond acceptors (Lipinski definition) is 4. The van der Waals surface area contributed by atoms with Gasteiger partial charge in [-0.25, -0.2) is 4.68 Å². The van der Waals surface area contributed by atoms with Gasteiger partial charge in [-0.15, -0.1) is 5.10 Å². The number of rotatable bonds is 5. The van der Waals surface area contributed by atoms with Crippen molar-refractivity contribution in [2.24, 2.45) is 5.92 Å². The summed E-state index contributed by atoms with van der Waals surface area (Å²) in [6.45, 7) is 2.13. The molecule has 6 nitrogen and oxygen atoms in total. The van der Waals surface area contributed by atoms with E-state index in [0.717, 1.165) is 17.0 Å². The van der Waals surface area contributed by atoms with Crippen LogP contribution in [-0.4, -0.2) is 30.2 Å². The van der Waals surface area contributed by atoms with Crippen LogP contribution in [0.2, 0.25) is 0 Å². The molecule has 0 bridgehead atoms. The lowest BCUT2D eigenvalue weighted by Gasteiger charge is -2.21. The summed E-state index contributed by atoms with van der Waals surface area (Å²) in [7, 11) is 0. The van der Waals surface area contributed by atoms with E-state index in [2.05, 4.69) is 44.7 Å². The van der Waals surface area contributed by atoms with Crippen molar-refractivity contribution in [3.05, 3.63) is 47.7 Å². The summed E-state index contributed by atoms with van der Waals surface area (Å²) in [4.78, 5) is 4.67. The Hall–Kier alpha value is -2.50. The summed E-state index contributed by atoms with van der Waals surface area (Å²) in [6.07, 6.45) is 14.8. The Bertz CT molecular complexity index is 916. The molecule has 27 heavy (non-hydrogen) atoms. The smallest absolute Gasteiger partial charge is 0.116 e. The van der Waals surface area contributed by atoms with Crippen LogP contribution < -0.4 is 0 Å². The van der Waals surface area contributed by atoms with Crippen molar-refractivity contribution in [1.82, 2.24) is 30.2 Å². The zero-order valence-corrected chi connectivity index (χ0v) is 15.8. The maximum absolute atomic E-state index is 4.67. The molecule has 2 aliphatic carbocycles. The van der Waals surface area contributed by atoms with Gasteiger partial charge in [0.2, 0.25) is 0 Å². The molecule has 3 aromatic rings. The van der Waals surface area contributed by atoms with Gasteiger partial charge in [0, 0.05) is 23.4 Å². The molecule has 2 saturated carbocycles. The predicted molar refractivity (Wildman–Crippen MR) is 103 cm³/mol. The van der Waals surface area contributed by atoms with Gasteiger partial charge in [-0.3, -0.25) is 10.1 Å². The molecule has 0 saturated heterocycles. The molecule has 6 heteroatoms. The number of aryl methyl sites for hydroxylation is 1. The lowest BCUT2D eigenvalue weighted by atomic mass is 9.85. The second-order valence-electron chi connectivity index (χ2n) is 8.10. The van der Waals surface area contributed by atoms with Crippen molar-refractivity contribution in [3.8, 4) is 11.3 Å². The van der Waals surface area contributed by atoms with E-state index in [-0.39, 0.29) is 6.04 Å². The fraction of sp³-hybridized carbons (Fsp3) is 0.524. The van der Waals surface area contributed by atoms with E-state index in [1.165, 1.54) is 56.2 Å². The van der Waals surface area contributed by atoms with E-state index < -0.39 is 0 Å². The van der Waals surface area contributed by atoms with E-state index in [1.54, 1.807) is 0 Å². The number of nitrogens with one attached hydrogen (secondary N) is 1. The maximum atomic E-state index is 4.67. The summed E-state index contributed by atoms with van der Waals surface area (Å²) >= 11 is 0. The standard InChI is InChI=1S/C21H26N6/c1-14-6-5-11-22-19(14)21(16-9-10-16)27-13-18(24-26-27)17-12-23-25-20(17)15-7-3-2-4-8-15/h5-6,11-13,15-16,21H,2-4,7-10H2,1H3,(H,23,25). The Labute approximate surface area is 159 Å². The lowest BCUT2D eigenvalue weighted by Crippen LogP contribution is -2.16. The first kappa shape index (κ1) is 16.7. The van der Waals surface area contributed by atoms with Crippen LogP contribution in [-0.2, 0) is 0 Å². The second-order valence-corrected chi connectivity index (χ2v) is 8.10. The first-order valence-electron chi connectivity index (χ1n) is 10.2. The van der Waals surface area contributed by atoms with Crippen molar-refractivity contribution in [2.45, 2.75) is 63.8 Å². The summed E-state index contributed by atoms with van der Waals surface area (Å²) in [5.41, 5.74) is 5.61. The molecule has 5 rings (SSSR count). The molecule has 0 radical (unpaired) electrons. The van der Waals surface area contributed by atoms with Crippen LogP contribution >= 0.6 is 0 Å². The summed E-state index contributed by atoms with van der Waals surface area (Å²) < 4.78 is 2.03. The van der Waals surface area contributed by atoms with E-state index in [1.807, 2.05) is 23.1 Å². The fourth-order valence-corrected chi connectivity index (χ4v) is 4.52. The molecule has 2 aliphatic rings. The Kier molecular flexibility index (Phi) is 4.26. The normalized spacial score (nSPS) is 19.3. The Morgan fingerprint density at radius 2 is 2.00 bits per heavy atom. The minimum Gasteiger partial charge on any atom is -0.282 e. The quantitative estimate of drug-likeness (QED) is 0.729. The molecule has 0 aliphatic heterocycles. The summed E-state index contributed by atoms with van der Waals surface area (Å²) in [5, 5.41) is 16.6. The Balaban J connectivity index is 1.48. The molecule has 140 valence electrons. The molecule has 3 aromatic heterocycles. The fourth-order valence-electron chi connectivity index (χ4n) is 4.52. The van der Waals surface area contributed by atoms with Crippen molar-refractivity contribution in [3.63, 3.8) is 0 Å². The molecule has 2 fully saturated rings. The molecule has 1 atom stereocenters. The van der Waals surface area contributed by atoms with Crippen molar-refractivity contribution >= 4 is 0 Å². The minimum atomic E-state index is 0.178. The highest BCUT2D eigenvalue weighted by Gasteiger charge is 2.36. The van der Waals surface area contributed by atoms with Gasteiger partial charge in [0.15, 0.2) is 0 Å². The Morgan fingerprint density at radius 3 is 2.78 bits per heavy atom. The topological polar surface area (TPSA) is 72.3 Å². The third-order valence-corrected chi connectivity index (χ3v) is 6.15. The molecule has 0 amide bonds. The number of aromatic amines is 1. The van der Waals surface area contributed by atoms with Crippen LogP contribution in [0, 0.1) is 12.8 Å². The third kappa shape index (κ3) is 3.17. The molecular weight excluding hydrogens is 336 g/mol. The van der Waals surface area contributed by atoms with Gasteiger partial charge in [-0.1, -0.05) is 30.5 Å².